The first kappa shape index (κ1) is 15.7. The summed E-state index contributed by atoms with van der Waals surface area (Å²) in [4.78, 5) is 16.4. The summed E-state index contributed by atoms with van der Waals surface area (Å²) in [7, 11) is 1.51. The molecule has 1 aromatic rings. The van der Waals surface area contributed by atoms with Crippen LogP contribution in [0.3, 0.4) is 0 Å². The number of nitrogens with one attached hydrogen (secondary N) is 1. The maximum absolute atomic E-state index is 12.3. The highest BCUT2D eigenvalue weighted by Crippen LogP contribution is 2.37. The Labute approximate surface area is 127 Å². The molecule has 1 saturated carbocycles. The van der Waals surface area contributed by atoms with Crippen molar-refractivity contribution in [3.63, 3.8) is 0 Å². The Kier molecular flexibility index (Phi) is 4.41. The van der Waals surface area contributed by atoms with E-state index in [1.807, 2.05) is 6.92 Å². The summed E-state index contributed by atoms with van der Waals surface area (Å²) >= 11 is 0.895. The molecule has 1 fully saturated rings. The van der Waals surface area contributed by atoms with Crippen molar-refractivity contribution in [2.75, 3.05) is 5.32 Å². The molecule has 0 aromatic carbocycles. The first-order valence-electron chi connectivity index (χ1n) is 6.46. The lowest BCUT2D eigenvalue weighted by Crippen LogP contribution is -2.35. The van der Waals surface area contributed by atoms with Gasteiger partial charge in [0.1, 0.15) is 0 Å². The molecule has 1 N–H and O–H groups in total. The van der Waals surface area contributed by atoms with Crippen molar-refractivity contribution in [1.82, 2.24) is 4.98 Å². The van der Waals surface area contributed by atoms with Gasteiger partial charge in [-0.2, -0.15) is 0 Å². The summed E-state index contributed by atoms with van der Waals surface area (Å²) in [6.45, 7) is 3.50. The van der Waals surface area contributed by atoms with Gasteiger partial charge >= 0.3 is 0 Å². The quantitative estimate of drug-likeness (QED) is 0.859. The summed E-state index contributed by atoms with van der Waals surface area (Å²) < 4.78 is 22.7. The smallest absolute Gasteiger partial charge is 0.272 e. The van der Waals surface area contributed by atoms with Crippen molar-refractivity contribution in [3.05, 3.63) is 5.69 Å². The fourth-order valence-corrected chi connectivity index (χ4v) is 4.82. The largest absolute Gasteiger partial charge is 0.301 e. The molecule has 8 heteroatoms. The maximum Gasteiger partial charge on any atom is 0.272 e. The van der Waals surface area contributed by atoms with Crippen molar-refractivity contribution in [3.8, 4) is 0 Å². The highest BCUT2D eigenvalue weighted by Gasteiger charge is 2.35. The van der Waals surface area contributed by atoms with Crippen molar-refractivity contribution >= 4 is 42.1 Å². The minimum Gasteiger partial charge on any atom is -0.301 e. The molecule has 20 heavy (non-hydrogen) atoms. The fraction of sp³-hybridized carbons (Fsp3) is 0.667. The summed E-state index contributed by atoms with van der Waals surface area (Å²) in [6.07, 6.45) is 4.95. The van der Waals surface area contributed by atoms with Gasteiger partial charge in [0.25, 0.3) is 9.05 Å². The minimum absolute atomic E-state index is 0.0109. The lowest BCUT2D eigenvalue weighted by Gasteiger charge is -2.31. The molecule has 1 aliphatic rings. The number of carbonyl (C=O) groups excluding carboxylic acids is 1. The Hall–Kier alpha value is -0.660. The van der Waals surface area contributed by atoms with Crippen LogP contribution in [0.2, 0.25) is 0 Å². The number of halogens is 1. The van der Waals surface area contributed by atoms with Gasteiger partial charge in [-0.05, 0) is 19.8 Å². The van der Waals surface area contributed by atoms with Crippen LogP contribution in [0.5, 0.6) is 0 Å². The Bertz CT molecular complexity index is 619. The van der Waals surface area contributed by atoms with E-state index >= 15 is 0 Å². The Morgan fingerprint density at radius 3 is 2.45 bits per heavy atom. The van der Waals surface area contributed by atoms with Gasteiger partial charge in [-0.25, -0.2) is 13.4 Å². The van der Waals surface area contributed by atoms with E-state index in [1.54, 1.807) is 6.92 Å². The normalized spacial score (nSPS) is 18.8. The number of thiazole rings is 1. The number of aromatic nitrogens is 1. The monoisotopic (exact) mass is 336 g/mol. The second-order valence-electron chi connectivity index (χ2n) is 5.41. The average Bonchev–Trinajstić information content (AvgIpc) is 2.71. The minimum atomic E-state index is -3.81. The molecule has 2 rings (SSSR count). The molecule has 0 radical (unpaired) electrons. The molecule has 5 nitrogen and oxygen atoms in total. The molecule has 1 heterocycles. The van der Waals surface area contributed by atoms with Gasteiger partial charge < -0.3 is 5.32 Å². The van der Waals surface area contributed by atoms with Crippen LogP contribution < -0.4 is 5.32 Å². The third-order valence-electron chi connectivity index (χ3n) is 3.70. The lowest BCUT2D eigenvalue weighted by molar-refractivity contribution is -0.126. The zero-order valence-corrected chi connectivity index (χ0v) is 13.8. The zero-order valence-electron chi connectivity index (χ0n) is 11.4. The van der Waals surface area contributed by atoms with Gasteiger partial charge in [-0.1, -0.05) is 37.5 Å². The summed E-state index contributed by atoms with van der Waals surface area (Å²) in [5, 5.41) is 3.02. The number of anilines is 1. The second-order valence-corrected chi connectivity index (χ2v) is 9.17. The van der Waals surface area contributed by atoms with Crippen LogP contribution >= 0.6 is 22.0 Å². The van der Waals surface area contributed by atoms with E-state index in [0.717, 1.165) is 43.4 Å². The van der Waals surface area contributed by atoms with Gasteiger partial charge in [0.15, 0.2) is 9.34 Å². The van der Waals surface area contributed by atoms with E-state index in [4.69, 9.17) is 10.7 Å². The van der Waals surface area contributed by atoms with Crippen LogP contribution in [-0.4, -0.2) is 19.3 Å². The van der Waals surface area contributed by atoms with Gasteiger partial charge in [0.05, 0.1) is 5.69 Å². The molecular weight excluding hydrogens is 320 g/mol. The number of hydrogen-bond acceptors (Lipinski definition) is 5. The predicted molar refractivity (Wildman–Crippen MR) is 79.7 cm³/mol. The Morgan fingerprint density at radius 2 is 1.95 bits per heavy atom. The molecule has 0 spiro atoms. The van der Waals surface area contributed by atoms with E-state index in [2.05, 4.69) is 10.3 Å². The summed E-state index contributed by atoms with van der Waals surface area (Å²) in [5.74, 6) is -0.0931. The van der Waals surface area contributed by atoms with Crippen LogP contribution in [0.1, 0.15) is 44.7 Å². The zero-order chi connectivity index (χ0) is 15.0. The lowest BCUT2D eigenvalue weighted by atomic mass is 9.75. The average molecular weight is 337 g/mol. The van der Waals surface area contributed by atoms with Crippen LogP contribution in [-0.2, 0) is 13.8 Å². The van der Waals surface area contributed by atoms with E-state index in [0.29, 0.717) is 10.8 Å². The molecule has 0 saturated heterocycles. The van der Waals surface area contributed by atoms with Crippen LogP contribution in [0.15, 0.2) is 4.21 Å². The highest BCUT2D eigenvalue weighted by atomic mass is 35.7. The first-order valence-corrected chi connectivity index (χ1v) is 9.58. The second kappa shape index (κ2) is 5.61. The molecule has 0 unspecified atom stereocenters. The number of hydrogen-bond donors (Lipinski definition) is 1. The maximum atomic E-state index is 12.3. The molecule has 1 aliphatic carbocycles. The molecule has 0 aliphatic heterocycles. The van der Waals surface area contributed by atoms with Crippen LogP contribution in [0, 0.1) is 12.3 Å². The van der Waals surface area contributed by atoms with E-state index in [-0.39, 0.29) is 10.1 Å². The number of rotatable bonds is 3. The first-order chi connectivity index (χ1) is 9.22. The van der Waals surface area contributed by atoms with Crippen LogP contribution in [0.25, 0.3) is 0 Å². The number of amides is 1. The molecule has 1 amide bonds. The van der Waals surface area contributed by atoms with Crippen molar-refractivity contribution in [2.24, 2.45) is 5.41 Å². The fourth-order valence-electron chi connectivity index (χ4n) is 2.47. The third kappa shape index (κ3) is 3.32. The standard InChI is InChI=1S/C12H17ClN2O3S2/c1-8-9(20(13,17)18)19-11(14-8)15-10(16)12(2)6-4-3-5-7-12/h3-7H2,1-2H3,(H,14,15,16). The molecule has 0 atom stereocenters. The summed E-state index contributed by atoms with van der Waals surface area (Å²) in [6, 6.07) is 0. The molecule has 1 aromatic heterocycles. The molecule has 0 bridgehead atoms. The Balaban J connectivity index is 2.16. The van der Waals surface area contributed by atoms with E-state index in [1.165, 1.54) is 0 Å². The predicted octanol–water partition coefficient (Wildman–Crippen LogP) is 3.29. The molecular formula is C12H17ClN2O3S2. The number of aryl methyl sites for hydroxylation is 1. The van der Waals surface area contributed by atoms with Gasteiger partial charge in [0, 0.05) is 16.1 Å². The molecule has 112 valence electrons. The third-order valence-corrected chi connectivity index (χ3v) is 6.95. The number of carbonyl (C=O) groups is 1. The van der Waals surface area contributed by atoms with Crippen molar-refractivity contribution in [1.29, 1.82) is 0 Å². The van der Waals surface area contributed by atoms with Crippen molar-refractivity contribution < 1.29 is 13.2 Å². The van der Waals surface area contributed by atoms with Gasteiger partial charge in [-0.15, -0.1) is 0 Å². The topological polar surface area (TPSA) is 76.1 Å². The highest BCUT2D eigenvalue weighted by molar-refractivity contribution is 8.15. The van der Waals surface area contributed by atoms with Crippen molar-refractivity contribution in [2.45, 2.75) is 50.2 Å². The number of nitrogens with zero attached hydrogens (tertiary/aromatic N) is 1. The Morgan fingerprint density at radius 1 is 1.35 bits per heavy atom. The van der Waals surface area contributed by atoms with Gasteiger partial charge in [-0.3, -0.25) is 4.79 Å². The SMILES string of the molecule is Cc1nc(NC(=O)C2(C)CCCCC2)sc1S(=O)(=O)Cl. The van der Waals surface area contributed by atoms with Crippen LogP contribution in [0.4, 0.5) is 5.13 Å². The van der Waals surface area contributed by atoms with E-state index < -0.39 is 14.5 Å². The van der Waals surface area contributed by atoms with Gasteiger partial charge in [0.2, 0.25) is 5.91 Å². The van der Waals surface area contributed by atoms with E-state index in [9.17, 15) is 13.2 Å². The summed E-state index contributed by atoms with van der Waals surface area (Å²) in [5.41, 5.74) is -0.0771.